The predicted molar refractivity (Wildman–Crippen MR) is 74.4 cm³/mol. The van der Waals surface area contributed by atoms with Gasteiger partial charge in [-0.1, -0.05) is 6.42 Å². The van der Waals surface area contributed by atoms with Gasteiger partial charge in [0.15, 0.2) is 0 Å². The van der Waals surface area contributed by atoms with Gasteiger partial charge in [0.05, 0.1) is 0 Å². The van der Waals surface area contributed by atoms with E-state index >= 15 is 0 Å². The van der Waals surface area contributed by atoms with Crippen molar-refractivity contribution in [3.63, 3.8) is 0 Å². The van der Waals surface area contributed by atoms with Gasteiger partial charge >= 0.3 is 12.1 Å². The molecule has 1 amide bonds. The molecule has 0 radical (unpaired) electrons. The molecule has 20 heavy (non-hydrogen) atoms. The number of amides is 1. The fourth-order valence-corrected chi connectivity index (χ4v) is 3.15. The largest absolute Gasteiger partial charge is 0.480 e. The lowest BCUT2D eigenvalue weighted by Gasteiger charge is -2.38. The maximum atomic E-state index is 11.9. The van der Waals surface area contributed by atoms with Gasteiger partial charge in [-0.2, -0.15) is 0 Å². The van der Waals surface area contributed by atoms with Crippen molar-refractivity contribution in [2.24, 2.45) is 11.8 Å². The Kier molecular flexibility index (Phi) is 3.98. The van der Waals surface area contributed by atoms with Crippen LogP contribution in [0.15, 0.2) is 0 Å². The predicted octanol–water partition coefficient (Wildman–Crippen LogP) is 2.93. The van der Waals surface area contributed by atoms with E-state index < -0.39 is 23.2 Å². The highest BCUT2D eigenvalue weighted by atomic mass is 16.6. The Morgan fingerprint density at radius 3 is 2.35 bits per heavy atom. The Morgan fingerprint density at radius 2 is 1.85 bits per heavy atom. The van der Waals surface area contributed by atoms with E-state index in [1.165, 1.54) is 12.8 Å². The first-order valence-corrected chi connectivity index (χ1v) is 7.46. The Bertz CT molecular complexity index is 397. The molecule has 0 aromatic rings. The number of aliphatic carboxylic acids is 1. The molecule has 114 valence electrons. The average molecular weight is 283 g/mol. The topological polar surface area (TPSA) is 75.6 Å². The van der Waals surface area contributed by atoms with Gasteiger partial charge in [0, 0.05) is 0 Å². The van der Waals surface area contributed by atoms with Crippen LogP contribution in [0.25, 0.3) is 0 Å². The molecule has 2 unspecified atom stereocenters. The molecule has 0 aromatic carbocycles. The number of hydrogen-bond donors (Lipinski definition) is 2. The number of hydrogen-bond acceptors (Lipinski definition) is 3. The molecule has 2 saturated carbocycles. The summed E-state index contributed by atoms with van der Waals surface area (Å²) >= 11 is 0. The highest BCUT2D eigenvalue weighted by molar-refractivity contribution is 5.84. The summed E-state index contributed by atoms with van der Waals surface area (Å²) < 4.78 is 5.21. The van der Waals surface area contributed by atoms with Crippen LogP contribution in [0, 0.1) is 11.8 Å². The molecule has 0 heterocycles. The lowest BCUT2D eigenvalue weighted by molar-refractivity contribution is -0.147. The lowest BCUT2D eigenvalue weighted by atomic mass is 9.74. The average Bonchev–Trinajstić information content (AvgIpc) is 3.09. The third kappa shape index (κ3) is 3.64. The molecule has 2 aliphatic carbocycles. The molecular formula is C15H25NO4. The Hall–Kier alpha value is -1.26. The molecule has 0 aromatic heterocycles. The number of carbonyl (C=O) groups excluding carboxylic acids is 1. The van der Waals surface area contributed by atoms with Crippen molar-refractivity contribution in [2.75, 3.05) is 0 Å². The molecule has 0 spiro atoms. The summed E-state index contributed by atoms with van der Waals surface area (Å²) in [6.45, 7) is 5.32. The normalized spacial score (nSPS) is 30.6. The lowest BCUT2D eigenvalue weighted by Crippen LogP contribution is -2.58. The van der Waals surface area contributed by atoms with E-state index in [1.54, 1.807) is 20.8 Å². The van der Waals surface area contributed by atoms with E-state index in [0.29, 0.717) is 24.7 Å². The summed E-state index contributed by atoms with van der Waals surface area (Å²) in [6, 6.07) is 0. The third-order valence-corrected chi connectivity index (χ3v) is 4.23. The first-order chi connectivity index (χ1) is 9.22. The number of nitrogens with one attached hydrogen (secondary N) is 1. The second-order valence-electron chi connectivity index (χ2n) is 7.21. The van der Waals surface area contributed by atoms with E-state index in [1.807, 2.05) is 0 Å². The standard InChI is InChI=1S/C15H25NO4/c1-14(2,3)20-13(19)16-15(12(17)18)8-4-5-11(9-15)10-6-7-10/h10-11H,4-9H2,1-3H3,(H,16,19)(H,17,18). The van der Waals surface area contributed by atoms with Crippen LogP contribution in [-0.4, -0.2) is 28.3 Å². The van der Waals surface area contributed by atoms with Gasteiger partial charge in [-0.25, -0.2) is 9.59 Å². The monoisotopic (exact) mass is 283 g/mol. The maximum Gasteiger partial charge on any atom is 0.408 e. The van der Waals surface area contributed by atoms with Gasteiger partial charge in [-0.15, -0.1) is 0 Å². The van der Waals surface area contributed by atoms with Crippen LogP contribution in [0.4, 0.5) is 4.79 Å². The molecule has 0 aliphatic heterocycles. The minimum Gasteiger partial charge on any atom is -0.480 e. The van der Waals surface area contributed by atoms with Crippen LogP contribution in [-0.2, 0) is 9.53 Å². The fourth-order valence-electron chi connectivity index (χ4n) is 3.15. The number of ether oxygens (including phenoxy) is 1. The minimum atomic E-state index is -1.14. The van der Waals surface area contributed by atoms with Gasteiger partial charge in [-0.3, -0.25) is 0 Å². The number of carbonyl (C=O) groups is 2. The van der Waals surface area contributed by atoms with Gasteiger partial charge in [0.1, 0.15) is 11.1 Å². The molecule has 2 N–H and O–H groups in total. The Balaban J connectivity index is 2.05. The van der Waals surface area contributed by atoms with Crippen LogP contribution in [0.2, 0.25) is 0 Å². The molecule has 0 saturated heterocycles. The van der Waals surface area contributed by atoms with E-state index in [0.717, 1.165) is 12.8 Å². The zero-order chi connectivity index (χ0) is 15.0. The van der Waals surface area contributed by atoms with Crippen LogP contribution in [0.3, 0.4) is 0 Å². The summed E-state index contributed by atoms with van der Waals surface area (Å²) in [6.07, 6.45) is 4.73. The molecular weight excluding hydrogens is 258 g/mol. The fraction of sp³-hybridized carbons (Fsp3) is 0.867. The zero-order valence-corrected chi connectivity index (χ0v) is 12.6. The second-order valence-corrected chi connectivity index (χ2v) is 7.21. The molecule has 2 fully saturated rings. The third-order valence-electron chi connectivity index (χ3n) is 4.23. The van der Waals surface area contributed by atoms with Crippen molar-refractivity contribution in [3.05, 3.63) is 0 Å². The van der Waals surface area contributed by atoms with E-state index in [2.05, 4.69) is 5.32 Å². The Labute approximate surface area is 120 Å². The van der Waals surface area contributed by atoms with E-state index in [4.69, 9.17) is 4.74 Å². The van der Waals surface area contributed by atoms with Crippen molar-refractivity contribution < 1.29 is 19.4 Å². The molecule has 5 heteroatoms. The van der Waals surface area contributed by atoms with Crippen molar-refractivity contribution in [1.82, 2.24) is 5.32 Å². The highest BCUT2D eigenvalue weighted by Gasteiger charge is 2.48. The molecule has 2 atom stereocenters. The van der Waals surface area contributed by atoms with Crippen molar-refractivity contribution >= 4 is 12.1 Å². The van der Waals surface area contributed by atoms with Gasteiger partial charge in [0.2, 0.25) is 0 Å². The SMILES string of the molecule is CC(C)(C)OC(=O)NC1(C(=O)O)CCCC(C2CC2)C1. The van der Waals surface area contributed by atoms with Crippen LogP contribution >= 0.6 is 0 Å². The number of carboxylic acid groups (broad SMARTS) is 1. The molecule has 0 bridgehead atoms. The smallest absolute Gasteiger partial charge is 0.408 e. The van der Waals surface area contributed by atoms with Gasteiger partial charge in [-0.05, 0) is 64.7 Å². The Morgan fingerprint density at radius 1 is 1.20 bits per heavy atom. The first-order valence-electron chi connectivity index (χ1n) is 7.46. The van der Waals surface area contributed by atoms with Crippen LogP contribution in [0.5, 0.6) is 0 Å². The van der Waals surface area contributed by atoms with Gasteiger partial charge < -0.3 is 15.2 Å². The summed E-state index contributed by atoms with van der Waals surface area (Å²) in [7, 11) is 0. The highest BCUT2D eigenvalue weighted by Crippen LogP contribution is 2.46. The number of alkyl carbamates (subject to hydrolysis) is 1. The van der Waals surface area contributed by atoms with Gasteiger partial charge in [0.25, 0.3) is 0 Å². The van der Waals surface area contributed by atoms with Crippen LogP contribution in [0.1, 0.15) is 59.3 Å². The number of carboxylic acids is 1. The number of rotatable bonds is 3. The zero-order valence-electron chi connectivity index (χ0n) is 12.6. The van der Waals surface area contributed by atoms with E-state index in [-0.39, 0.29) is 0 Å². The van der Waals surface area contributed by atoms with E-state index in [9.17, 15) is 14.7 Å². The van der Waals surface area contributed by atoms with Crippen molar-refractivity contribution in [2.45, 2.75) is 70.4 Å². The molecule has 5 nitrogen and oxygen atoms in total. The quantitative estimate of drug-likeness (QED) is 0.835. The molecule has 2 rings (SSSR count). The summed E-state index contributed by atoms with van der Waals surface area (Å²) in [5.41, 5.74) is -1.76. The summed E-state index contributed by atoms with van der Waals surface area (Å²) in [5.74, 6) is 0.151. The van der Waals surface area contributed by atoms with Crippen molar-refractivity contribution in [1.29, 1.82) is 0 Å². The summed E-state index contributed by atoms with van der Waals surface area (Å²) in [4.78, 5) is 23.6. The van der Waals surface area contributed by atoms with Crippen LogP contribution < -0.4 is 5.32 Å². The van der Waals surface area contributed by atoms with Crippen molar-refractivity contribution in [3.8, 4) is 0 Å². The molecule has 2 aliphatic rings. The first kappa shape index (κ1) is 15.1. The summed E-state index contributed by atoms with van der Waals surface area (Å²) in [5, 5.41) is 12.2. The second kappa shape index (κ2) is 5.26. The minimum absolute atomic E-state index is 0.426. The maximum absolute atomic E-state index is 11.9.